The molecule has 35 heteroatoms. The molecule has 1 aliphatic carbocycles. The van der Waals surface area contributed by atoms with E-state index in [1.165, 1.54) is 0 Å². The summed E-state index contributed by atoms with van der Waals surface area (Å²) >= 11 is 0. The third-order valence-corrected chi connectivity index (χ3v) is 11.7. The number of phenolic OH excluding ortho intramolecular Hbond substituents is 1. The van der Waals surface area contributed by atoms with Gasteiger partial charge in [-0.05, 0) is 23.9 Å². The van der Waals surface area contributed by atoms with Crippen LogP contribution in [0.15, 0.2) is 48.5 Å². The Balaban J connectivity index is 0.000000192. The molecule has 3 nitrogen and oxygen atoms in total. The van der Waals surface area contributed by atoms with Gasteiger partial charge in [-0.2, -0.15) is 0 Å². The van der Waals surface area contributed by atoms with Crippen LogP contribution in [0.2, 0.25) is 0 Å². The second-order valence-corrected chi connectivity index (χ2v) is 16.3. The third-order valence-electron chi connectivity index (χ3n) is 11.7. The molecule has 0 atom stereocenters. The van der Waals surface area contributed by atoms with Crippen LogP contribution in [0.25, 0.3) is 16.9 Å². The van der Waals surface area contributed by atoms with E-state index >= 15 is 0 Å². The summed E-state index contributed by atoms with van der Waals surface area (Å²) in [5.41, 5.74) is -13.2. The number of aromatic nitrogens is 2. The lowest BCUT2D eigenvalue weighted by Crippen LogP contribution is -2.60. The van der Waals surface area contributed by atoms with Crippen molar-refractivity contribution in [2.75, 3.05) is 0 Å². The van der Waals surface area contributed by atoms with Gasteiger partial charge in [0.15, 0.2) is 175 Å². The Morgan fingerprint density at radius 3 is 0.690 bits per heavy atom. The molecule has 0 radical (unpaired) electrons. The average molecular weight is 1230 g/mol. The molecule has 0 aromatic heterocycles. The van der Waals surface area contributed by atoms with Crippen molar-refractivity contribution in [1.29, 1.82) is 0 Å². The highest BCUT2D eigenvalue weighted by molar-refractivity contribution is 6.96. The number of rotatable bonds is 7. The van der Waals surface area contributed by atoms with E-state index in [9.17, 15) is 137 Å². The standard InChI is InChI=1S/2C18BF15.C13H9N2O/c2*20-4-1(5(21)11(27)16(32)10(4)26)19(2-6(22)12(28)17(33)13(29)7(2)23)3-8(24)14(30)18(34)15(31)9(3)25;16-12-6-4-11(5-7-12)15-9-8-10-2-1-3-13(10)14-15/h;;1-8,16H/q;;-1. The number of phenols is 1. The Hall–Kier alpha value is -8.94. The number of nitrogens with zero attached hydrogens (tertiary/aromatic N) is 2. The van der Waals surface area contributed by atoms with Gasteiger partial charge in [-0.15, -0.1) is 12.1 Å². The molecule has 438 valence electrons. The molecule has 0 saturated heterocycles. The molecule has 7 aromatic rings. The Bertz CT molecular complexity index is 3430. The normalized spacial score (nSPS) is 11.3. The van der Waals surface area contributed by atoms with Crippen molar-refractivity contribution in [3.63, 3.8) is 0 Å². The lowest BCUT2D eigenvalue weighted by molar-refractivity contribution is 0.380. The summed E-state index contributed by atoms with van der Waals surface area (Å²) in [6, 6.07) is 14.7. The summed E-state index contributed by atoms with van der Waals surface area (Å²) in [6.07, 6.45) is 3.06. The van der Waals surface area contributed by atoms with Crippen molar-refractivity contribution in [2.24, 2.45) is 0 Å². The van der Waals surface area contributed by atoms with E-state index in [-0.39, 0.29) is 5.75 Å². The first kappa shape index (κ1) is 62.7. The van der Waals surface area contributed by atoms with Gasteiger partial charge in [-0.1, -0.05) is 30.0 Å². The van der Waals surface area contributed by atoms with E-state index in [1.807, 2.05) is 24.3 Å². The minimum absolute atomic E-state index is 0.249. The summed E-state index contributed by atoms with van der Waals surface area (Å²) in [6.45, 7) is -7.92. The molecule has 0 bridgehead atoms. The summed E-state index contributed by atoms with van der Waals surface area (Å²) in [7, 11) is 0. The molecule has 0 unspecified atom stereocenters. The number of hydrogen-bond donors (Lipinski definition) is 1. The summed E-state index contributed by atoms with van der Waals surface area (Å²) in [5, 5.41) is 13.6. The molecule has 2 aliphatic rings. The van der Waals surface area contributed by atoms with Crippen molar-refractivity contribution in [3.8, 4) is 22.7 Å². The van der Waals surface area contributed by atoms with Gasteiger partial charge in [0.05, 0.1) is 0 Å². The summed E-state index contributed by atoms with van der Waals surface area (Å²) < 4.78 is 419. The maximum Gasteiger partial charge on any atom is 0.265 e. The van der Waals surface area contributed by atoms with E-state index in [2.05, 4.69) is 11.3 Å². The van der Waals surface area contributed by atoms with Gasteiger partial charge >= 0.3 is 0 Å². The average Bonchev–Trinajstić information content (AvgIpc) is 1.31. The molecule has 1 N–H and O–H groups in total. The van der Waals surface area contributed by atoms with Crippen LogP contribution in [0.4, 0.5) is 132 Å². The van der Waals surface area contributed by atoms with Gasteiger partial charge in [-0.3, -0.25) is 0 Å². The van der Waals surface area contributed by atoms with Crippen LogP contribution in [-0.4, -0.2) is 28.3 Å². The fraction of sp³-hybridized carbons (Fsp3) is 0. The zero-order valence-corrected chi connectivity index (χ0v) is 39.0. The minimum atomic E-state index is -3.96. The number of halogens is 30. The smallest absolute Gasteiger partial charge is 0.265 e. The predicted octanol–water partition coefficient (Wildman–Crippen LogP) is 11.1. The quantitative estimate of drug-likeness (QED) is 0.0568. The maximum absolute atomic E-state index is 14.4. The third kappa shape index (κ3) is 10.3. The number of fused-ring (bicyclic) bond motifs is 1. The van der Waals surface area contributed by atoms with Crippen molar-refractivity contribution >= 4 is 46.2 Å². The Kier molecular flexibility index (Phi) is 17.4. The van der Waals surface area contributed by atoms with Gasteiger partial charge in [-0.25, -0.2) is 137 Å². The van der Waals surface area contributed by atoms with Crippen LogP contribution < -0.4 is 32.8 Å². The van der Waals surface area contributed by atoms with E-state index < -0.39 is 221 Å². The molecule has 1 aliphatic heterocycles. The van der Waals surface area contributed by atoms with Crippen LogP contribution in [0.3, 0.4) is 0 Å². The van der Waals surface area contributed by atoms with Gasteiger partial charge in [0.1, 0.15) is 5.75 Å². The predicted molar refractivity (Wildman–Crippen MR) is 227 cm³/mol. The van der Waals surface area contributed by atoms with Gasteiger partial charge in [0.25, 0.3) is 13.4 Å². The molecular formula is C49H9B2F30N2O-. The van der Waals surface area contributed by atoms with Crippen LogP contribution in [0.5, 0.6) is 5.75 Å². The highest BCUT2D eigenvalue weighted by Gasteiger charge is 2.47. The SMILES string of the molecule is Fc1c(F)c(F)c(B(c2c(F)c(F)c(F)c(F)c2F)c2c(F)c(F)c(F)c(F)c2F)c(F)c1F.Fc1c(F)c(F)c(B(c2c(F)c(F)c(F)c(F)c2F)c2c(F)c(F)c(F)c(F)c2F)c(F)c1F.Oc1ccc(-n2[c-]cc3cccc-3n2)cc1. The number of hydrogen-bond acceptors (Lipinski definition) is 2. The zero-order valence-electron chi connectivity index (χ0n) is 39.0. The molecule has 9 rings (SSSR count). The highest BCUT2D eigenvalue weighted by atomic mass is 19.2. The monoisotopic (exact) mass is 1230 g/mol. The Labute approximate surface area is 444 Å². The van der Waals surface area contributed by atoms with E-state index in [1.54, 1.807) is 28.9 Å². The molecular weight excluding hydrogens is 1220 g/mol. The first-order chi connectivity index (χ1) is 39.1. The first-order valence-corrected chi connectivity index (χ1v) is 21.4. The molecule has 7 aromatic carbocycles. The topological polar surface area (TPSA) is 38.0 Å². The Morgan fingerprint density at radius 2 is 0.476 bits per heavy atom. The number of benzene rings is 7. The molecule has 84 heavy (non-hydrogen) atoms. The molecule has 0 fully saturated rings. The fourth-order valence-electron chi connectivity index (χ4n) is 7.75. The molecule has 1 heterocycles. The summed E-state index contributed by atoms with van der Waals surface area (Å²) in [4.78, 5) is 0. The van der Waals surface area contributed by atoms with Crippen LogP contribution in [0.1, 0.15) is 0 Å². The van der Waals surface area contributed by atoms with Crippen molar-refractivity contribution < 1.29 is 137 Å². The van der Waals surface area contributed by atoms with Gasteiger partial charge in [0.2, 0.25) is 0 Å². The van der Waals surface area contributed by atoms with Gasteiger partial charge in [0, 0.05) is 38.5 Å². The molecule has 0 amide bonds. The van der Waals surface area contributed by atoms with Crippen molar-refractivity contribution in [2.45, 2.75) is 0 Å². The van der Waals surface area contributed by atoms with E-state index in [0.29, 0.717) is 0 Å². The van der Waals surface area contributed by atoms with Gasteiger partial charge < -0.3 is 9.79 Å². The lowest BCUT2D eigenvalue weighted by atomic mass is 9.36. The first-order valence-electron chi connectivity index (χ1n) is 21.4. The Morgan fingerprint density at radius 1 is 0.274 bits per heavy atom. The largest absolute Gasteiger partial charge is 0.508 e. The maximum atomic E-state index is 14.4. The van der Waals surface area contributed by atoms with E-state index in [4.69, 9.17) is 0 Å². The van der Waals surface area contributed by atoms with E-state index in [0.717, 1.165) is 16.9 Å². The highest BCUT2D eigenvalue weighted by Crippen LogP contribution is 2.28. The second kappa shape index (κ2) is 23.4. The number of aromatic hydroxyl groups is 1. The van der Waals surface area contributed by atoms with Crippen LogP contribution >= 0.6 is 0 Å². The fourth-order valence-corrected chi connectivity index (χ4v) is 7.75. The molecule has 0 saturated carbocycles. The van der Waals surface area contributed by atoms with Crippen LogP contribution in [-0.2, 0) is 0 Å². The van der Waals surface area contributed by atoms with Crippen molar-refractivity contribution in [1.82, 2.24) is 9.78 Å². The minimum Gasteiger partial charge on any atom is -0.508 e. The summed E-state index contributed by atoms with van der Waals surface area (Å²) in [5.74, 6) is -90.2. The molecule has 0 spiro atoms. The zero-order chi connectivity index (χ0) is 62.9. The lowest BCUT2D eigenvalue weighted by Gasteiger charge is -2.21. The van der Waals surface area contributed by atoms with Crippen molar-refractivity contribution in [3.05, 3.63) is 229 Å². The van der Waals surface area contributed by atoms with Crippen LogP contribution in [0, 0.1) is 181 Å². The second-order valence-electron chi connectivity index (χ2n) is 16.3.